The molecule has 20 heavy (non-hydrogen) atoms. The number of carbonyl (C=O) groups excluding carboxylic acids is 1. The van der Waals surface area contributed by atoms with E-state index < -0.39 is 0 Å². The van der Waals surface area contributed by atoms with Gasteiger partial charge in [-0.25, -0.2) is 4.39 Å². The number of hydrogen-bond acceptors (Lipinski definition) is 2. The van der Waals surface area contributed by atoms with Gasteiger partial charge in [0.2, 0.25) is 0 Å². The van der Waals surface area contributed by atoms with Crippen LogP contribution in [0.1, 0.15) is 56.8 Å². The number of benzene rings is 1. The minimum Gasteiger partial charge on any atom is -0.371 e. The number of rotatable bonds is 3. The van der Waals surface area contributed by atoms with E-state index >= 15 is 0 Å². The average molecular weight is 277 g/mol. The van der Waals surface area contributed by atoms with Gasteiger partial charge in [-0.15, -0.1) is 0 Å². The molecule has 0 atom stereocenters. The van der Waals surface area contributed by atoms with Crippen LogP contribution >= 0.6 is 0 Å². The maximum atomic E-state index is 13.3. The maximum absolute atomic E-state index is 13.3. The zero-order valence-corrected chi connectivity index (χ0v) is 12.9. The van der Waals surface area contributed by atoms with Crippen molar-refractivity contribution in [2.45, 2.75) is 52.5 Å². The fourth-order valence-electron chi connectivity index (χ4n) is 3.07. The summed E-state index contributed by atoms with van der Waals surface area (Å²) < 4.78 is 13.3. The van der Waals surface area contributed by atoms with Gasteiger partial charge in [-0.2, -0.15) is 0 Å². The highest BCUT2D eigenvalue weighted by Gasteiger charge is 2.29. The molecule has 0 unspecified atom stereocenters. The van der Waals surface area contributed by atoms with Crippen molar-refractivity contribution in [1.29, 1.82) is 0 Å². The van der Waals surface area contributed by atoms with Crippen molar-refractivity contribution in [2.24, 2.45) is 5.41 Å². The topological polar surface area (TPSA) is 20.3 Å². The van der Waals surface area contributed by atoms with E-state index in [-0.39, 0.29) is 11.6 Å². The van der Waals surface area contributed by atoms with Crippen LogP contribution in [0.4, 0.5) is 10.1 Å². The molecule has 0 radical (unpaired) electrons. The first kappa shape index (κ1) is 15.0. The molecule has 1 saturated carbocycles. The van der Waals surface area contributed by atoms with Crippen LogP contribution in [0, 0.1) is 11.2 Å². The summed E-state index contributed by atoms with van der Waals surface area (Å²) >= 11 is 0. The van der Waals surface area contributed by atoms with Gasteiger partial charge in [0.15, 0.2) is 5.78 Å². The number of halogens is 1. The first-order valence-electron chi connectivity index (χ1n) is 7.33. The van der Waals surface area contributed by atoms with Crippen LogP contribution in [0.15, 0.2) is 18.2 Å². The molecule has 0 aliphatic heterocycles. The molecule has 1 fully saturated rings. The predicted octanol–water partition coefficient (Wildman–Crippen LogP) is 4.43. The molecule has 2 rings (SSSR count). The van der Waals surface area contributed by atoms with Crippen molar-refractivity contribution in [1.82, 2.24) is 0 Å². The van der Waals surface area contributed by atoms with Crippen LogP contribution in [0.2, 0.25) is 0 Å². The number of hydrogen-bond donors (Lipinski definition) is 0. The van der Waals surface area contributed by atoms with Crippen LogP contribution in [0.3, 0.4) is 0 Å². The SMILES string of the molecule is CC(=O)c1cc(F)ccc1N(C)C1CCC(C)(C)CC1. The van der Waals surface area contributed by atoms with Crippen molar-refractivity contribution in [3.05, 3.63) is 29.6 Å². The second-order valence-corrected chi connectivity index (χ2v) is 6.72. The summed E-state index contributed by atoms with van der Waals surface area (Å²) in [5.41, 5.74) is 1.75. The van der Waals surface area contributed by atoms with E-state index in [0.29, 0.717) is 17.0 Å². The fourth-order valence-corrected chi connectivity index (χ4v) is 3.07. The monoisotopic (exact) mass is 277 g/mol. The molecule has 1 aliphatic carbocycles. The smallest absolute Gasteiger partial charge is 0.161 e. The van der Waals surface area contributed by atoms with Crippen LogP contribution in [-0.4, -0.2) is 18.9 Å². The molecule has 3 heteroatoms. The van der Waals surface area contributed by atoms with E-state index in [9.17, 15) is 9.18 Å². The second kappa shape index (κ2) is 5.55. The van der Waals surface area contributed by atoms with E-state index in [1.165, 1.54) is 31.9 Å². The molecule has 1 aromatic rings. The maximum Gasteiger partial charge on any atom is 0.161 e. The summed E-state index contributed by atoms with van der Waals surface area (Å²) in [4.78, 5) is 13.9. The second-order valence-electron chi connectivity index (χ2n) is 6.72. The highest BCUT2D eigenvalue weighted by atomic mass is 19.1. The van der Waals surface area contributed by atoms with E-state index in [4.69, 9.17) is 0 Å². The quantitative estimate of drug-likeness (QED) is 0.762. The fraction of sp³-hybridized carbons (Fsp3) is 0.588. The molecule has 0 heterocycles. The third-order valence-corrected chi connectivity index (χ3v) is 4.57. The highest BCUT2D eigenvalue weighted by molar-refractivity contribution is 5.99. The lowest BCUT2D eigenvalue weighted by Crippen LogP contribution is -2.37. The lowest BCUT2D eigenvalue weighted by Gasteiger charge is -2.40. The molecule has 1 aliphatic rings. The van der Waals surface area contributed by atoms with Crippen molar-refractivity contribution in [2.75, 3.05) is 11.9 Å². The zero-order valence-electron chi connectivity index (χ0n) is 12.9. The Morgan fingerprint density at radius 1 is 1.30 bits per heavy atom. The summed E-state index contributed by atoms with van der Waals surface area (Å²) in [5, 5.41) is 0. The molecule has 0 bridgehead atoms. The van der Waals surface area contributed by atoms with Crippen LogP contribution in [-0.2, 0) is 0 Å². The van der Waals surface area contributed by atoms with Gasteiger partial charge < -0.3 is 4.90 Å². The number of nitrogens with zero attached hydrogens (tertiary/aromatic N) is 1. The molecule has 110 valence electrons. The third kappa shape index (κ3) is 3.20. The Hall–Kier alpha value is -1.38. The van der Waals surface area contributed by atoms with Crippen molar-refractivity contribution in [3.8, 4) is 0 Å². The Morgan fingerprint density at radius 3 is 2.45 bits per heavy atom. The van der Waals surface area contributed by atoms with Gasteiger partial charge in [0.25, 0.3) is 0 Å². The Kier molecular flexibility index (Phi) is 4.17. The molecular formula is C17H24FNO. The summed E-state index contributed by atoms with van der Waals surface area (Å²) in [6.07, 6.45) is 4.63. The summed E-state index contributed by atoms with van der Waals surface area (Å²) in [7, 11) is 2.02. The van der Waals surface area contributed by atoms with Crippen molar-refractivity contribution in [3.63, 3.8) is 0 Å². The van der Waals surface area contributed by atoms with E-state index in [0.717, 1.165) is 18.5 Å². The minimum absolute atomic E-state index is 0.0810. The average Bonchev–Trinajstić information content (AvgIpc) is 2.37. The molecule has 0 saturated heterocycles. The Balaban J connectivity index is 2.21. The lowest BCUT2D eigenvalue weighted by molar-refractivity contribution is 0.101. The summed E-state index contributed by atoms with van der Waals surface area (Å²) in [6.45, 7) is 6.11. The molecular weight excluding hydrogens is 253 g/mol. The van der Waals surface area contributed by atoms with Gasteiger partial charge in [-0.3, -0.25) is 4.79 Å². The molecule has 1 aromatic carbocycles. The van der Waals surface area contributed by atoms with Gasteiger partial charge in [-0.05, 0) is 56.2 Å². The van der Waals surface area contributed by atoms with E-state index in [1.54, 1.807) is 6.07 Å². The first-order chi connectivity index (χ1) is 9.30. The first-order valence-corrected chi connectivity index (χ1v) is 7.33. The molecule has 0 aromatic heterocycles. The molecule has 0 N–H and O–H groups in total. The van der Waals surface area contributed by atoms with E-state index in [1.807, 2.05) is 7.05 Å². The standard InChI is InChI=1S/C17H24FNO/c1-12(20)15-11-13(18)5-6-16(15)19(4)14-7-9-17(2,3)10-8-14/h5-6,11,14H,7-10H2,1-4H3. The van der Waals surface area contributed by atoms with Crippen molar-refractivity contribution < 1.29 is 9.18 Å². The lowest BCUT2D eigenvalue weighted by atomic mass is 9.75. The van der Waals surface area contributed by atoms with Crippen LogP contribution in [0.25, 0.3) is 0 Å². The largest absolute Gasteiger partial charge is 0.371 e. The summed E-state index contributed by atoms with van der Waals surface area (Å²) in [5.74, 6) is -0.431. The number of anilines is 1. The van der Waals surface area contributed by atoms with E-state index in [2.05, 4.69) is 18.7 Å². The third-order valence-electron chi connectivity index (χ3n) is 4.57. The number of Topliss-reactive ketones (excluding diaryl/α,β-unsaturated/α-hetero) is 1. The Labute approximate surface area is 121 Å². The van der Waals surface area contributed by atoms with Gasteiger partial charge >= 0.3 is 0 Å². The van der Waals surface area contributed by atoms with Gasteiger partial charge in [0, 0.05) is 24.3 Å². The molecule has 2 nitrogen and oxygen atoms in total. The minimum atomic E-state index is -0.350. The summed E-state index contributed by atoms with van der Waals surface area (Å²) in [6, 6.07) is 4.95. The van der Waals surface area contributed by atoms with Crippen LogP contribution < -0.4 is 4.90 Å². The Morgan fingerprint density at radius 2 is 1.90 bits per heavy atom. The Bertz CT molecular complexity index is 500. The normalized spacial score (nSPS) is 18.9. The van der Waals surface area contributed by atoms with Gasteiger partial charge in [-0.1, -0.05) is 13.8 Å². The zero-order chi connectivity index (χ0) is 14.9. The van der Waals surface area contributed by atoms with Crippen LogP contribution in [0.5, 0.6) is 0 Å². The predicted molar refractivity (Wildman–Crippen MR) is 80.8 cm³/mol. The van der Waals surface area contributed by atoms with Gasteiger partial charge in [0.05, 0.1) is 0 Å². The van der Waals surface area contributed by atoms with Gasteiger partial charge in [0.1, 0.15) is 5.82 Å². The molecule has 0 spiro atoms. The number of ketones is 1. The highest BCUT2D eigenvalue weighted by Crippen LogP contribution is 2.38. The molecule has 0 amide bonds. The van der Waals surface area contributed by atoms with Crippen molar-refractivity contribution >= 4 is 11.5 Å². The number of carbonyl (C=O) groups is 1.